The molecule has 5 nitrogen and oxygen atoms in total. The van der Waals surface area contributed by atoms with Crippen LogP contribution in [0.4, 0.5) is 0 Å². The molecule has 0 aliphatic carbocycles. The summed E-state index contributed by atoms with van der Waals surface area (Å²) in [5.41, 5.74) is 1.45. The Hall–Kier alpha value is -3.08. The third-order valence-corrected chi connectivity index (χ3v) is 3.60. The second-order valence-corrected chi connectivity index (χ2v) is 5.35. The summed E-state index contributed by atoms with van der Waals surface area (Å²) in [5, 5.41) is 2.97. The maximum absolute atomic E-state index is 12.6. The van der Waals surface area contributed by atoms with Gasteiger partial charge in [0.25, 0.3) is 5.91 Å². The summed E-state index contributed by atoms with van der Waals surface area (Å²) in [6.07, 6.45) is 9.63. The number of aryl methyl sites for hydroxylation is 1. The Labute approximate surface area is 140 Å². The van der Waals surface area contributed by atoms with Crippen LogP contribution in [0.5, 0.6) is 0 Å². The lowest BCUT2D eigenvalue weighted by molar-refractivity contribution is -0.115. The average molecular weight is 321 g/mol. The lowest BCUT2D eigenvalue weighted by Crippen LogP contribution is -2.26. The van der Waals surface area contributed by atoms with E-state index in [2.05, 4.69) is 10.3 Å². The van der Waals surface area contributed by atoms with E-state index in [0.717, 1.165) is 18.5 Å². The van der Waals surface area contributed by atoms with Crippen LogP contribution >= 0.6 is 0 Å². The van der Waals surface area contributed by atoms with Crippen LogP contribution in [-0.2, 0) is 11.3 Å². The Balaban J connectivity index is 1.65. The summed E-state index contributed by atoms with van der Waals surface area (Å²) in [6.45, 7) is 1.42. The Morgan fingerprint density at radius 3 is 2.79 bits per heavy atom. The number of aromatic nitrogens is 2. The van der Waals surface area contributed by atoms with Crippen molar-refractivity contribution in [3.8, 4) is 0 Å². The number of furan rings is 1. The first kappa shape index (κ1) is 15.8. The third-order valence-electron chi connectivity index (χ3n) is 3.60. The van der Waals surface area contributed by atoms with E-state index in [1.54, 1.807) is 30.9 Å². The normalized spacial score (nSPS) is 11.4. The molecule has 3 aromatic rings. The van der Waals surface area contributed by atoms with Crippen LogP contribution in [0.15, 0.2) is 71.9 Å². The van der Waals surface area contributed by atoms with E-state index >= 15 is 0 Å². The molecule has 2 aromatic heterocycles. The fourth-order valence-corrected chi connectivity index (χ4v) is 2.39. The summed E-state index contributed by atoms with van der Waals surface area (Å²) in [4.78, 5) is 16.6. The molecule has 0 bridgehead atoms. The van der Waals surface area contributed by atoms with Gasteiger partial charge in [-0.3, -0.25) is 4.79 Å². The lowest BCUT2D eigenvalue weighted by atomic mass is 10.0. The van der Waals surface area contributed by atoms with Gasteiger partial charge in [-0.2, -0.15) is 0 Å². The number of nitrogens with one attached hydrogen (secondary N) is 1. The number of carbonyl (C=O) groups is 1. The molecule has 1 N–H and O–H groups in total. The fraction of sp³-hybridized carbons (Fsp3) is 0.158. The Morgan fingerprint density at radius 1 is 1.21 bits per heavy atom. The van der Waals surface area contributed by atoms with Crippen molar-refractivity contribution in [1.29, 1.82) is 0 Å². The first-order valence-corrected chi connectivity index (χ1v) is 7.87. The van der Waals surface area contributed by atoms with Crippen LogP contribution in [0.2, 0.25) is 0 Å². The largest absolute Gasteiger partial charge is 0.465 e. The molecule has 2 heterocycles. The molecular weight excluding hydrogens is 302 g/mol. The van der Waals surface area contributed by atoms with Gasteiger partial charge in [0.05, 0.1) is 18.2 Å². The monoisotopic (exact) mass is 321 g/mol. The highest BCUT2D eigenvalue weighted by molar-refractivity contribution is 6.24. The quantitative estimate of drug-likeness (QED) is 0.537. The van der Waals surface area contributed by atoms with Gasteiger partial charge in [0, 0.05) is 25.5 Å². The molecule has 1 amide bonds. The van der Waals surface area contributed by atoms with Crippen molar-refractivity contribution in [2.24, 2.45) is 0 Å². The van der Waals surface area contributed by atoms with Crippen molar-refractivity contribution >= 4 is 17.6 Å². The van der Waals surface area contributed by atoms with Gasteiger partial charge in [0.2, 0.25) is 0 Å². The fourth-order valence-electron chi connectivity index (χ4n) is 2.39. The summed E-state index contributed by atoms with van der Waals surface area (Å²) in [7, 11) is 0. The van der Waals surface area contributed by atoms with Gasteiger partial charge in [0.15, 0.2) is 0 Å². The zero-order valence-electron chi connectivity index (χ0n) is 13.3. The zero-order valence-corrected chi connectivity index (χ0v) is 13.3. The Kier molecular flexibility index (Phi) is 5.24. The molecule has 0 saturated heterocycles. The number of carbonyl (C=O) groups excluding carboxylic acids is 1. The molecule has 5 heteroatoms. The van der Waals surface area contributed by atoms with Gasteiger partial charge in [-0.25, -0.2) is 4.98 Å². The number of benzene rings is 1. The average Bonchev–Trinajstić information content (AvgIpc) is 3.31. The third kappa shape index (κ3) is 4.23. The maximum atomic E-state index is 12.6. The van der Waals surface area contributed by atoms with Crippen molar-refractivity contribution in [2.45, 2.75) is 13.0 Å². The van der Waals surface area contributed by atoms with E-state index in [0.29, 0.717) is 17.9 Å². The first-order valence-electron chi connectivity index (χ1n) is 7.87. The van der Waals surface area contributed by atoms with Gasteiger partial charge < -0.3 is 14.3 Å². The van der Waals surface area contributed by atoms with Gasteiger partial charge in [0.1, 0.15) is 5.76 Å². The Bertz CT molecular complexity index is 775. The predicted molar refractivity (Wildman–Crippen MR) is 92.9 cm³/mol. The van der Waals surface area contributed by atoms with E-state index in [1.165, 1.54) is 0 Å². The summed E-state index contributed by atoms with van der Waals surface area (Å²) >= 11 is 0. The van der Waals surface area contributed by atoms with Crippen LogP contribution in [0, 0.1) is 0 Å². The highest BCUT2D eigenvalue weighted by Crippen LogP contribution is 2.18. The van der Waals surface area contributed by atoms with Crippen LogP contribution in [0.1, 0.15) is 17.7 Å². The van der Waals surface area contributed by atoms with E-state index in [9.17, 15) is 4.79 Å². The van der Waals surface area contributed by atoms with Crippen LogP contribution in [0.25, 0.3) is 11.6 Å². The van der Waals surface area contributed by atoms with Gasteiger partial charge in [-0.1, -0.05) is 30.3 Å². The van der Waals surface area contributed by atoms with Crippen LogP contribution in [0.3, 0.4) is 0 Å². The molecule has 0 spiro atoms. The van der Waals surface area contributed by atoms with Gasteiger partial charge in [-0.05, 0) is 30.2 Å². The second kappa shape index (κ2) is 7.97. The minimum Gasteiger partial charge on any atom is -0.465 e. The molecule has 0 aliphatic rings. The van der Waals surface area contributed by atoms with Crippen molar-refractivity contribution in [1.82, 2.24) is 14.9 Å². The topological polar surface area (TPSA) is 60.1 Å². The highest BCUT2D eigenvalue weighted by atomic mass is 16.3. The van der Waals surface area contributed by atoms with Crippen molar-refractivity contribution in [3.05, 3.63) is 78.8 Å². The van der Waals surface area contributed by atoms with Gasteiger partial charge >= 0.3 is 0 Å². The predicted octanol–water partition coefficient (Wildman–Crippen LogP) is 3.22. The second-order valence-electron chi connectivity index (χ2n) is 5.35. The first-order chi connectivity index (χ1) is 11.8. The molecule has 1 aromatic carbocycles. The minimum absolute atomic E-state index is 0.108. The minimum atomic E-state index is -0.108. The number of nitrogens with zero attached hydrogens (tertiary/aromatic N) is 2. The lowest BCUT2D eigenvalue weighted by Gasteiger charge is -2.09. The number of hydrogen-bond acceptors (Lipinski definition) is 3. The molecule has 0 aliphatic heterocycles. The number of rotatable bonds is 7. The van der Waals surface area contributed by atoms with E-state index in [-0.39, 0.29) is 5.91 Å². The smallest absolute Gasteiger partial charge is 0.252 e. The number of amides is 1. The zero-order chi connectivity index (χ0) is 16.6. The molecule has 0 atom stereocenters. The number of imidazole rings is 1. The number of hydrogen-bond donors (Lipinski definition) is 1. The molecule has 0 saturated carbocycles. The van der Waals surface area contributed by atoms with Crippen molar-refractivity contribution in [2.75, 3.05) is 6.54 Å². The SMILES string of the molecule is O=C(NCCCn1ccnc1)C(=Cc1ccco1)c1ccccc1. The van der Waals surface area contributed by atoms with Crippen LogP contribution in [-0.4, -0.2) is 22.0 Å². The van der Waals surface area contributed by atoms with Gasteiger partial charge in [-0.15, -0.1) is 0 Å². The molecule has 24 heavy (non-hydrogen) atoms. The van der Waals surface area contributed by atoms with E-state index < -0.39 is 0 Å². The molecule has 122 valence electrons. The standard InChI is InChI=1S/C19H19N3O2/c23-19(21-9-5-11-22-12-10-20-15-22)18(14-17-8-4-13-24-17)16-6-2-1-3-7-16/h1-4,6-8,10,12-15H,5,9,11H2,(H,21,23). The van der Waals surface area contributed by atoms with Crippen molar-refractivity contribution < 1.29 is 9.21 Å². The summed E-state index contributed by atoms with van der Waals surface area (Å²) in [6, 6.07) is 13.2. The molecule has 0 fully saturated rings. The highest BCUT2D eigenvalue weighted by Gasteiger charge is 2.12. The summed E-state index contributed by atoms with van der Waals surface area (Å²) < 4.78 is 7.33. The summed E-state index contributed by atoms with van der Waals surface area (Å²) in [5.74, 6) is 0.547. The van der Waals surface area contributed by atoms with Crippen molar-refractivity contribution in [3.63, 3.8) is 0 Å². The molecule has 0 radical (unpaired) electrons. The Morgan fingerprint density at radius 2 is 2.08 bits per heavy atom. The molecule has 0 unspecified atom stereocenters. The van der Waals surface area contributed by atoms with Crippen LogP contribution < -0.4 is 5.32 Å². The maximum Gasteiger partial charge on any atom is 0.252 e. The van der Waals surface area contributed by atoms with E-state index in [1.807, 2.05) is 47.2 Å². The molecule has 3 rings (SSSR count). The molecular formula is C19H19N3O2. The van der Waals surface area contributed by atoms with E-state index in [4.69, 9.17) is 4.42 Å².